The minimum atomic E-state index is 0.203. The van der Waals surface area contributed by atoms with E-state index in [1.807, 2.05) is 11.8 Å². The molecule has 0 spiro atoms. The Bertz CT molecular complexity index is 327. The summed E-state index contributed by atoms with van der Waals surface area (Å²) >= 11 is 5.38. The minimum Gasteiger partial charge on any atom is -0.324 e. The molecule has 2 atom stereocenters. The molecule has 0 unspecified atom stereocenters. The predicted molar refractivity (Wildman–Crippen MR) is 61.0 cm³/mol. The van der Waals surface area contributed by atoms with E-state index in [-0.39, 0.29) is 6.04 Å². The average Bonchev–Trinajstić information content (AvgIpc) is 2.12. The van der Waals surface area contributed by atoms with E-state index in [0.29, 0.717) is 5.92 Å². The van der Waals surface area contributed by atoms with E-state index in [9.17, 15) is 0 Å². The summed E-state index contributed by atoms with van der Waals surface area (Å²) in [6, 6.07) is 6.57. The molecule has 0 radical (unpaired) electrons. The lowest BCUT2D eigenvalue weighted by Crippen LogP contribution is -2.24. The van der Waals surface area contributed by atoms with Gasteiger partial charge in [-0.1, -0.05) is 22.9 Å². The highest BCUT2D eigenvalue weighted by Gasteiger charge is 2.23. The van der Waals surface area contributed by atoms with Crippen molar-refractivity contribution in [2.75, 3.05) is 5.75 Å². The predicted octanol–water partition coefficient (Wildman–Crippen LogP) is 3.19. The quantitative estimate of drug-likeness (QED) is 0.773. The first kappa shape index (κ1) is 9.56. The Labute approximate surface area is 91.2 Å². The van der Waals surface area contributed by atoms with Gasteiger partial charge in [0.2, 0.25) is 0 Å². The molecule has 1 nitrogen and oxygen atoms in total. The standard InChI is InChI=1S/C10H12BrNS/c1-6-5-13-9-3-2-7(11)4-8(9)10(6)12/h2-4,6,10H,5,12H2,1H3/t6-,10+/m0/s1. The molecule has 1 aromatic carbocycles. The van der Waals surface area contributed by atoms with Gasteiger partial charge < -0.3 is 5.73 Å². The number of benzene rings is 1. The van der Waals surface area contributed by atoms with Gasteiger partial charge >= 0.3 is 0 Å². The number of rotatable bonds is 0. The van der Waals surface area contributed by atoms with Crippen molar-refractivity contribution in [3.63, 3.8) is 0 Å². The molecule has 0 saturated carbocycles. The van der Waals surface area contributed by atoms with Crippen molar-refractivity contribution in [1.29, 1.82) is 0 Å². The number of hydrogen-bond donors (Lipinski definition) is 1. The highest BCUT2D eigenvalue weighted by Crippen LogP contribution is 2.39. The molecule has 2 rings (SSSR count). The van der Waals surface area contributed by atoms with Gasteiger partial charge in [-0.2, -0.15) is 0 Å². The number of halogens is 1. The topological polar surface area (TPSA) is 26.0 Å². The normalized spacial score (nSPS) is 27.0. The van der Waals surface area contributed by atoms with Gasteiger partial charge in [-0.05, 0) is 29.7 Å². The first-order valence-electron chi connectivity index (χ1n) is 4.36. The number of thioether (sulfide) groups is 1. The van der Waals surface area contributed by atoms with Crippen LogP contribution in [0.25, 0.3) is 0 Å². The van der Waals surface area contributed by atoms with Crippen LogP contribution in [0.2, 0.25) is 0 Å². The fourth-order valence-electron chi connectivity index (χ4n) is 1.54. The molecule has 13 heavy (non-hydrogen) atoms. The Hall–Kier alpha value is 0.01000. The molecule has 1 aliphatic heterocycles. The van der Waals surface area contributed by atoms with Crippen molar-refractivity contribution in [3.05, 3.63) is 28.2 Å². The summed E-state index contributed by atoms with van der Waals surface area (Å²) in [7, 11) is 0. The molecule has 0 fully saturated rings. The maximum absolute atomic E-state index is 6.12. The minimum absolute atomic E-state index is 0.203. The van der Waals surface area contributed by atoms with Crippen LogP contribution in [0.1, 0.15) is 18.5 Å². The molecule has 0 bridgehead atoms. The van der Waals surface area contributed by atoms with Crippen molar-refractivity contribution in [1.82, 2.24) is 0 Å². The Morgan fingerprint density at radius 1 is 1.54 bits per heavy atom. The van der Waals surface area contributed by atoms with Crippen LogP contribution in [0.5, 0.6) is 0 Å². The Morgan fingerprint density at radius 2 is 2.31 bits per heavy atom. The highest BCUT2D eigenvalue weighted by molar-refractivity contribution is 9.10. The van der Waals surface area contributed by atoms with Crippen molar-refractivity contribution in [2.24, 2.45) is 11.7 Å². The molecular formula is C10H12BrNS. The van der Waals surface area contributed by atoms with Gasteiger partial charge in [-0.3, -0.25) is 0 Å². The molecule has 1 aromatic rings. The summed E-state index contributed by atoms with van der Waals surface area (Å²) in [4.78, 5) is 1.34. The SMILES string of the molecule is C[C@H]1CSc2ccc(Br)cc2[C@@H]1N. The monoisotopic (exact) mass is 257 g/mol. The van der Waals surface area contributed by atoms with Gasteiger partial charge in [0.15, 0.2) is 0 Å². The van der Waals surface area contributed by atoms with E-state index in [1.54, 1.807) is 0 Å². The summed E-state index contributed by atoms with van der Waals surface area (Å²) in [5.41, 5.74) is 7.41. The number of hydrogen-bond acceptors (Lipinski definition) is 2. The van der Waals surface area contributed by atoms with Crippen molar-refractivity contribution in [3.8, 4) is 0 Å². The van der Waals surface area contributed by atoms with Crippen LogP contribution in [0.15, 0.2) is 27.6 Å². The summed E-state index contributed by atoms with van der Waals surface area (Å²) in [6.45, 7) is 2.21. The van der Waals surface area contributed by atoms with Crippen LogP contribution in [0.3, 0.4) is 0 Å². The lowest BCUT2D eigenvalue weighted by atomic mass is 9.96. The van der Waals surface area contributed by atoms with Crippen molar-refractivity contribution < 1.29 is 0 Å². The van der Waals surface area contributed by atoms with Crippen LogP contribution < -0.4 is 5.73 Å². The van der Waals surface area contributed by atoms with Gasteiger partial charge in [0.05, 0.1) is 0 Å². The summed E-state index contributed by atoms with van der Waals surface area (Å²) < 4.78 is 1.12. The first-order chi connectivity index (χ1) is 6.18. The van der Waals surface area contributed by atoms with E-state index >= 15 is 0 Å². The largest absolute Gasteiger partial charge is 0.324 e. The van der Waals surface area contributed by atoms with E-state index in [4.69, 9.17) is 5.73 Å². The fraction of sp³-hybridized carbons (Fsp3) is 0.400. The zero-order valence-corrected chi connectivity index (χ0v) is 9.86. The van der Waals surface area contributed by atoms with Crippen LogP contribution in [-0.4, -0.2) is 5.75 Å². The molecule has 0 amide bonds. The van der Waals surface area contributed by atoms with Crippen LogP contribution in [-0.2, 0) is 0 Å². The van der Waals surface area contributed by atoms with Gasteiger partial charge in [0.25, 0.3) is 0 Å². The van der Waals surface area contributed by atoms with Crippen LogP contribution in [0.4, 0.5) is 0 Å². The summed E-state index contributed by atoms with van der Waals surface area (Å²) in [5, 5.41) is 0. The van der Waals surface area contributed by atoms with Crippen molar-refractivity contribution in [2.45, 2.75) is 17.9 Å². The molecule has 1 heterocycles. The smallest absolute Gasteiger partial charge is 0.0340 e. The second-order valence-corrected chi connectivity index (χ2v) is 5.47. The second-order valence-electron chi connectivity index (χ2n) is 3.50. The van der Waals surface area contributed by atoms with E-state index in [1.165, 1.54) is 10.5 Å². The van der Waals surface area contributed by atoms with Gasteiger partial charge in [0, 0.05) is 21.2 Å². The molecule has 2 N–H and O–H groups in total. The summed E-state index contributed by atoms with van der Waals surface area (Å²) in [6.07, 6.45) is 0. The average molecular weight is 258 g/mol. The third-order valence-corrected chi connectivity index (χ3v) is 4.31. The maximum Gasteiger partial charge on any atom is 0.0340 e. The number of nitrogens with two attached hydrogens (primary N) is 1. The molecule has 0 aromatic heterocycles. The second kappa shape index (κ2) is 3.64. The zero-order valence-electron chi connectivity index (χ0n) is 7.46. The number of fused-ring (bicyclic) bond motifs is 1. The van der Waals surface area contributed by atoms with Crippen LogP contribution >= 0.6 is 27.7 Å². The molecule has 3 heteroatoms. The zero-order chi connectivity index (χ0) is 9.42. The third-order valence-electron chi connectivity index (χ3n) is 2.45. The molecular weight excluding hydrogens is 246 g/mol. The van der Waals surface area contributed by atoms with Crippen molar-refractivity contribution >= 4 is 27.7 Å². The van der Waals surface area contributed by atoms with Gasteiger partial charge in [-0.15, -0.1) is 11.8 Å². The molecule has 70 valence electrons. The van der Waals surface area contributed by atoms with E-state index < -0.39 is 0 Å². The molecule has 1 aliphatic rings. The van der Waals surface area contributed by atoms with Crippen LogP contribution in [0, 0.1) is 5.92 Å². The Kier molecular flexibility index (Phi) is 2.67. The lowest BCUT2D eigenvalue weighted by molar-refractivity contribution is 0.507. The maximum atomic E-state index is 6.12. The van der Waals surface area contributed by atoms with E-state index in [0.717, 1.165) is 10.2 Å². The molecule has 0 aliphatic carbocycles. The Morgan fingerprint density at radius 3 is 3.08 bits per heavy atom. The van der Waals surface area contributed by atoms with Gasteiger partial charge in [-0.25, -0.2) is 0 Å². The highest BCUT2D eigenvalue weighted by atomic mass is 79.9. The molecule has 0 saturated heterocycles. The lowest BCUT2D eigenvalue weighted by Gasteiger charge is -2.27. The van der Waals surface area contributed by atoms with E-state index in [2.05, 4.69) is 41.1 Å². The third kappa shape index (κ3) is 1.78. The Balaban J connectivity index is 2.45. The fourth-order valence-corrected chi connectivity index (χ4v) is 3.10. The van der Waals surface area contributed by atoms with Gasteiger partial charge in [0.1, 0.15) is 0 Å². The first-order valence-corrected chi connectivity index (χ1v) is 6.14. The summed E-state index contributed by atoms with van der Waals surface area (Å²) in [5.74, 6) is 1.71.